The summed E-state index contributed by atoms with van der Waals surface area (Å²) in [5.74, 6) is -0.663. The van der Waals surface area contributed by atoms with Gasteiger partial charge in [0.25, 0.3) is 0 Å². The van der Waals surface area contributed by atoms with Gasteiger partial charge in [-0.2, -0.15) is 0 Å². The maximum absolute atomic E-state index is 12.6. The van der Waals surface area contributed by atoms with Crippen molar-refractivity contribution >= 4 is 25.1 Å². The standard InChI is InChI=1S/C7H3FN2O2Se/c8-5-1-2-7(13-4-9)6(3-5)10(11)12/h1-3H. The fourth-order valence-corrected chi connectivity index (χ4v) is 1.76. The molecule has 0 aliphatic heterocycles. The van der Waals surface area contributed by atoms with Crippen molar-refractivity contribution < 1.29 is 9.31 Å². The van der Waals surface area contributed by atoms with Crippen molar-refractivity contribution in [2.75, 3.05) is 0 Å². The Balaban J connectivity index is 3.20. The molecule has 1 rings (SSSR count). The summed E-state index contributed by atoms with van der Waals surface area (Å²) in [5.41, 5.74) is -0.318. The summed E-state index contributed by atoms with van der Waals surface area (Å²) in [6.07, 6.45) is 0. The van der Waals surface area contributed by atoms with Gasteiger partial charge >= 0.3 is 78.8 Å². The number of rotatable bonds is 2. The fraction of sp³-hybridized carbons (Fsp3) is 0. The Labute approximate surface area is 79.3 Å². The van der Waals surface area contributed by atoms with Gasteiger partial charge in [0.05, 0.1) is 0 Å². The third-order valence-corrected chi connectivity index (χ3v) is 2.65. The minimum absolute atomic E-state index is 0.293. The molecule has 0 N–H and O–H groups in total. The Morgan fingerprint density at radius 1 is 1.62 bits per heavy atom. The number of nitriles is 1. The molecule has 0 aliphatic rings. The molecule has 0 unspecified atom stereocenters. The number of nitrogens with zero attached hydrogens (tertiary/aromatic N) is 2. The van der Waals surface area contributed by atoms with Crippen molar-refractivity contribution in [3.05, 3.63) is 34.1 Å². The minimum atomic E-state index is -0.683. The van der Waals surface area contributed by atoms with Gasteiger partial charge in [0.1, 0.15) is 0 Å². The molecule has 0 aliphatic carbocycles. The number of benzene rings is 1. The summed E-state index contributed by atoms with van der Waals surface area (Å²) in [7, 11) is 0. The van der Waals surface area contributed by atoms with E-state index in [2.05, 4.69) is 0 Å². The van der Waals surface area contributed by atoms with E-state index >= 15 is 0 Å². The molecule has 0 amide bonds. The third kappa shape index (κ3) is 2.25. The summed E-state index contributed by atoms with van der Waals surface area (Å²) in [6, 6.07) is 3.21. The van der Waals surface area contributed by atoms with E-state index in [1.54, 1.807) is 0 Å². The topological polar surface area (TPSA) is 66.9 Å². The second kappa shape index (κ2) is 3.99. The number of hydrogen-bond acceptors (Lipinski definition) is 3. The molecule has 0 atom stereocenters. The summed E-state index contributed by atoms with van der Waals surface area (Å²) in [6.45, 7) is 0. The molecule has 6 heteroatoms. The SMILES string of the molecule is N#C[Se]c1ccc(F)cc1[N+](=O)[O-]. The predicted molar refractivity (Wildman–Crippen MR) is 44.1 cm³/mol. The fourth-order valence-electron chi connectivity index (χ4n) is 0.769. The molecular formula is C7H3FN2O2Se. The number of halogens is 1. The first-order valence-corrected chi connectivity index (χ1v) is 4.86. The molecule has 0 spiro atoms. The molecule has 0 radical (unpaired) electrons. The Morgan fingerprint density at radius 2 is 2.31 bits per heavy atom. The van der Waals surface area contributed by atoms with Crippen molar-refractivity contribution in [1.29, 1.82) is 5.26 Å². The van der Waals surface area contributed by atoms with E-state index in [0.717, 1.165) is 12.1 Å². The zero-order valence-corrected chi connectivity index (χ0v) is 7.94. The van der Waals surface area contributed by atoms with Crippen molar-refractivity contribution in [2.45, 2.75) is 0 Å². The van der Waals surface area contributed by atoms with Crippen LogP contribution in [-0.2, 0) is 0 Å². The van der Waals surface area contributed by atoms with E-state index in [4.69, 9.17) is 5.26 Å². The Hall–Kier alpha value is -1.44. The predicted octanol–water partition coefficient (Wildman–Crippen LogP) is 0.544. The van der Waals surface area contributed by atoms with Crippen LogP contribution in [0.2, 0.25) is 0 Å². The molecule has 66 valence electrons. The van der Waals surface area contributed by atoms with Gasteiger partial charge in [0.2, 0.25) is 0 Å². The quantitative estimate of drug-likeness (QED) is 0.434. The molecule has 0 aromatic heterocycles. The monoisotopic (exact) mass is 246 g/mol. The molecule has 0 saturated carbocycles. The molecular weight excluding hydrogens is 242 g/mol. The van der Waals surface area contributed by atoms with Crippen molar-refractivity contribution in [3.8, 4) is 4.97 Å². The van der Waals surface area contributed by atoms with E-state index in [1.807, 2.05) is 4.97 Å². The van der Waals surface area contributed by atoms with Crippen LogP contribution in [0.25, 0.3) is 0 Å². The summed E-state index contributed by atoms with van der Waals surface area (Å²) >= 11 is -0.629. The normalized spacial score (nSPS) is 9.23. The molecule has 0 heterocycles. The molecule has 1 aromatic rings. The van der Waals surface area contributed by atoms with E-state index in [-0.39, 0.29) is 5.69 Å². The molecule has 0 fully saturated rings. The second-order valence-corrected chi connectivity index (χ2v) is 3.80. The summed E-state index contributed by atoms with van der Waals surface area (Å²) < 4.78 is 12.9. The van der Waals surface area contributed by atoms with Gasteiger partial charge in [0.15, 0.2) is 0 Å². The zero-order valence-electron chi connectivity index (χ0n) is 6.23. The molecule has 13 heavy (non-hydrogen) atoms. The maximum atomic E-state index is 12.6. The van der Waals surface area contributed by atoms with Gasteiger partial charge < -0.3 is 0 Å². The van der Waals surface area contributed by atoms with Crippen molar-refractivity contribution in [1.82, 2.24) is 0 Å². The van der Waals surface area contributed by atoms with E-state index < -0.39 is 25.7 Å². The average molecular weight is 245 g/mol. The van der Waals surface area contributed by atoms with Gasteiger partial charge in [-0.05, 0) is 0 Å². The van der Waals surface area contributed by atoms with Crippen LogP contribution in [0.1, 0.15) is 0 Å². The van der Waals surface area contributed by atoms with Crippen LogP contribution in [0, 0.1) is 26.2 Å². The van der Waals surface area contributed by atoms with Gasteiger partial charge in [-0.25, -0.2) is 0 Å². The van der Waals surface area contributed by atoms with Gasteiger partial charge in [-0.3, -0.25) is 0 Å². The molecule has 0 saturated heterocycles. The van der Waals surface area contributed by atoms with E-state index in [1.165, 1.54) is 6.07 Å². The van der Waals surface area contributed by atoms with Gasteiger partial charge in [0, 0.05) is 0 Å². The first kappa shape index (κ1) is 9.65. The average Bonchev–Trinajstić information content (AvgIpc) is 2.08. The number of hydrogen-bond donors (Lipinski definition) is 0. The third-order valence-electron chi connectivity index (χ3n) is 1.27. The number of nitro benzene ring substituents is 1. The molecule has 0 bridgehead atoms. The van der Waals surface area contributed by atoms with Gasteiger partial charge in [-0.1, -0.05) is 0 Å². The van der Waals surface area contributed by atoms with Crippen LogP contribution >= 0.6 is 0 Å². The van der Waals surface area contributed by atoms with Crippen molar-refractivity contribution in [3.63, 3.8) is 0 Å². The Bertz CT molecular complexity index is 389. The summed E-state index contributed by atoms with van der Waals surface area (Å²) in [5, 5.41) is 18.7. The van der Waals surface area contributed by atoms with Crippen LogP contribution in [0.3, 0.4) is 0 Å². The number of nitro groups is 1. The zero-order chi connectivity index (χ0) is 9.84. The molecule has 1 aromatic carbocycles. The Kier molecular flexibility index (Phi) is 2.96. The van der Waals surface area contributed by atoms with Crippen LogP contribution in [0.4, 0.5) is 10.1 Å². The van der Waals surface area contributed by atoms with Gasteiger partial charge in [-0.15, -0.1) is 0 Å². The van der Waals surface area contributed by atoms with Crippen molar-refractivity contribution in [2.24, 2.45) is 0 Å². The van der Waals surface area contributed by atoms with E-state index in [0.29, 0.717) is 4.46 Å². The van der Waals surface area contributed by atoms with Crippen LogP contribution in [0.15, 0.2) is 18.2 Å². The van der Waals surface area contributed by atoms with Crippen LogP contribution < -0.4 is 4.46 Å². The van der Waals surface area contributed by atoms with E-state index in [9.17, 15) is 14.5 Å². The second-order valence-electron chi connectivity index (χ2n) is 2.06. The van der Waals surface area contributed by atoms with Crippen LogP contribution in [0.5, 0.6) is 0 Å². The summed E-state index contributed by atoms with van der Waals surface area (Å²) in [4.78, 5) is 11.5. The Morgan fingerprint density at radius 3 is 2.85 bits per heavy atom. The molecule has 4 nitrogen and oxygen atoms in total. The first-order chi connectivity index (χ1) is 6.15. The van der Waals surface area contributed by atoms with Crippen LogP contribution in [-0.4, -0.2) is 19.9 Å². The first-order valence-electron chi connectivity index (χ1n) is 3.15.